The van der Waals surface area contributed by atoms with Crippen molar-refractivity contribution in [2.75, 3.05) is 12.4 Å². The van der Waals surface area contributed by atoms with Gasteiger partial charge < -0.3 is 15.6 Å². The molecule has 1 atom stereocenters. The number of aromatic nitrogens is 3. The maximum Gasteiger partial charge on any atom is 0.246 e. The van der Waals surface area contributed by atoms with E-state index in [1.165, 1.54) is 0 Å². The summed E-state index contributed by atoms with van der Waals surface area (Å²) in [6.45, 7) is 0. The van der Waals surface area contributed by atoms with E-state index in [4.69, 9.17) is 0 Å². The highest BCUT2D eigenvalue weighted by molar-refractivity contribution is 5.85. The first-order valence-electron chi connectivity index (χ1n) is 6.61. The van der Waals surface area contributed by atoms with Crippen LogP contribution < -0.4 is 10.6 Å². The summed E-state index contributed by atoms with van der Waals surface area (Å²) in [7, 11) is 1.61. The second-order valence-corrected chi connectivity index (χ2v) is 4.58. The van der Waals surface area contributed by atoms with Gasteiger partial charge in [0.05, 0.1) is 0 Å². The molecule has 2 aromatic heterocycles. The molecule has 0 saturated carbocycles. The largest absolute Gasteiger partial charge is 0.357 e. The van der Waals surface area contributed by atoms with E-state index in [0.29, 0.717) is 5.95 Å². The number of carbonyl (C=O) groups excluding carboxylic acids is 1. The summed E-state index contributed by atoms with van der Waals surface area (Å²) in [4.78, 5) is 23.7. The van der Waals surface area contributed by atoms with E-state index in [-0.39, 0.29) is 5.91 Å². The molecule has 2 heterocycles. The number of nitrogens with zero attached hydrogens (tertiary/aromatic N) is 2. The molecule has 0 radical (unpaired) electrons. The Balaban J connectivity index is 1.92. The number of aromatic amines is 1. The first kappa shape index (κ1) is 13.1. The lowest BCUT2D eigenvalue weighted by Gasteiger charge is -2.17. The van der Waals surface area contributed by atoms with Gasteiger partial charge in [0.15, 0.2) is 0 Å². The summed E-state index contributed by atoms with van der Waals surface area (Å²) in [6, 6.07) is 10.8. The molecule has 6 heteroatoms. The summed E-state index contributed by atoms with van der Waals surface area (Å²) in [5, 5.41) is 6.65. The quantitative estimate of drug-likeness (QED) is 0.681. The lowest BCUT2D eigenvalue weighted by Crippen LogP contribution is -2.31. The number of carbonyl (C=O) groups is 1. The van der Waals surface area contributed by atoms with Crippen molar-refractivity contribution >= 4 is 22.9 Å². The van der Waals surface area contributed by atoms with E-state index in [9.17, 15) is 4.79 Å². The molecule has 0 aliphatic rings. The number of fused-ring (bicyclic) bond motifs is 1. The van der Waals surface area contributed by atoms with Crippen molar-refractivity contribution in [3.05, 3.63) is 54.4 Å². The van der Waals surface area contributed by atoms with Crippen LogP contribution >= 0.6 is 0 Å². The molecule has 106 valence electrons. The first-order valence-corrected chi connectivity index (χ1v) is 6.61. The van der Waals surface area contributed by atoms with Crippen LogP contribution in [0.25, 0.3) is 11.0 Å². The molecule has 0 saturated heterocycles. The Labute approximate surface area is 121 Å². The molecule has 0 spiro atoms. The van der Waals surface area contributed by atoms with Gasteiger partial charge in [0, 0.05) is 24.8 Å². The fraction of sp³-hybridized carbons (Fsp3) is 0.133. The molecule has 6 nitrogen and oxygen atoms in total. The van der Waals surface area contributed by atoms with E-state index in [0.717, 1.165) is 16.6 Å². The highest BCUT2D eigenvalue weighted by Crippen LogP contribution is 2.18. The predicted molar refractivity (Wildman–Crippen MR) is 80.8 cm³/mol. The molecule has 1 amide bonds. The third kappa shape index (κ3) is 2.69. The van der Waals surface area contributed by atoms with Gasteiger partial charge in [-0.15, -0.1) is 0 Å². The molecule has 0 fully saturated rings. The Hall–Kier alpha value is -2.89. The number of hydrogen-bond donors (Lipinski definition) is 3. The minimum atomic E-state index is -0.538. The van der Waals surface area contributed by atoms with Crippen LogP contribution in [0.15, 0.2) is 48.8 Å². The van der Waals surface area contributed by atoms with Gasteiger partial charge in [0.1, 0.15) is 11.7 Å². The number of H-pyrrole nitrogens is 1. The van der Waals surface area contributed by atoms with Gasteiger partial charge in [-0.2, -0.15) is 4.98 Å². The number of nitrogens with one attached hydrogen (secondary N) is 3. The van der Waals surface area contributed by atoms with Gasteiger partial charge in [-0.1, -0.05) is 30.3 Å². The monoisotopic (exact) mass is 281 g/mol. The van der Waals surface area contributed by atoms with Crippen LogP contribution in [0.5, 0.6) is 0 Å². The number of hydrogen-bond acceptors (Lipinski definition) is 4. The van der Waals surface area contributed by atoms with Gasteiger partial charge in [0.25, 0.3) is 0 Å². The van der Waals surface area contributed by atoms with E-state index < -0.39 is 6.04 Å². The molecule has 3 rings (SSSR count). The summed E-state index contributed by atoms with van der Waals surface area (Å²) in [5.41, 5.74) is 1.59. The van der Waals surface area contributed by atoms with Gasteiger partial charge >= 0.3 is 0 Å². The minimum absolute atomic E-state index is 0.142. The van der Waals surface area contributed by atoms with Crippen LogP contribution in [-0.2, 0) is 4.79 Å². The minimum Gasteiger partial charge on any atom is -0.357 e. The molecule has 0 bridgehead atoms. The van der Waals surface area contributed by atoms with Crippen molar-refractivity contribution < 1.29 is 4.79 Å². The molecule has 1 unspecified atom stereocenters. The van der Waals surface area contributed by atoms with Crippen molar-refractivity contribution in [3.63, 3.8) is 0 Å². The maximum absolute atomic E-state index is 12.1. The topological polar surface area (TPSA) is 82.7 Å². The van der Waals surface area contributed by atoms with E-state index in [1.807, 2.05) is 36.4 Å². The molecule has 3 N–H and O–H groups in total. The fourth-order valence-electron chi connectivity index (χ4n) is 2.13. The Morgan fingerprint density at radius 1 is 1.24 bits per heavy atom. The Morgan fingerprint density at radius 2 is 2.05 bits per heavy atom. The highest BCUT2D eigenvalue weighted by atomic mass is 16.2. The van der Waals surface area contributed by atoms with Crippen LogP contribution in [-0.4, -0.2) is 27.9 Å². The number of anilines is 1. The van der Waals surface area contributed by atoms with Gasteiger partial charge in [0.2, 0.25) is 11.9 Å². The number of likely N-dealkylation sites (N-methyl/N-ethyl adjacent to an activating group) is 1. The number of benzene rings is 1. The van der Waals surface area contributed by atoms with Crippen LogP contribution in [0.3, 0.4) is 0 Å². The van der Waals surface area contributed by atoms with E-state index in [2.05, 4.69) is 25.6 Å². The second-order valence-electron chi connectivity index (χ2n) is 4.58. The van der Waals surface area contributed by atoms with Crippen molar-refractivity contribution in [3.8, 4) is 0 Å². The zero-order valence-corrected chi connectivity index (χ0v) is 11.5. The zero-order valence-electron chi connectivity index (χ0n) is 11.5. The predicted octanol–water partition coefficient (Wildman–Crippen LogP) is 1.86. The molecular weight excluding hydrogens is 266 g/mol. The Bertz CT molecular complexity index is 753. The van der Waals surface area contributed by atoms with E-state index >= 15 is 0 Å². The van der Waals surface area contributed by atoms with Crippen LogP contribution in [0.2, 0.25) is 0 Å². The van der Waals surface area contributed by atoms with Crippen molar-refractivity contribution in [1.82, 2.24) is 20.3 Å². The van der Waals surface area contributed by atoms with Crippen LogP contribution in [0.1, 0.15) is 11.6 Å². The summed E-state index contributed by atoms with van der Waals surface area (Å²) < 4.78 is 0. The molecular formula is C15H15N5O. The highest BCUT2D eigenvalue weighted by Gasteiger charge is 2.20. The fourth-order valence-corrected chi connectivity index (χ4v) is 2.13. The molecule has 0 aliphatic carbocycles. The Morgan fingerprint density at radius 3 is 2.81 bits per heavy atom. The zero-order chi connectivity index (χ0) is 14.7. The van der Waals surface area contributed by atoms with Crippen molar-refractivity contribution in [2.45, 2.75) is 6.04 Å². The SMILES string of the molecule is CNC(=O)C(Nc1ncc2cc[nH]c2n1)c1ccccc1. The normalized spacial score (nSPS) is 12.0. The van der Waals surface area contributed by atoms with Gasteiger partial charge in [-0.05, 0) is 11.6 Å². The van der Waals surface area contributed by atoms with Gasteiger partial charge in [-0.25, -0.2) is 4.98 Å². The van der Waals surface area contributed by atoms with Gasteiger partial charge in [-0.3, -0.25) is 4.79 Å². The average molecular weight is 281 g/mol. The summed E-state index contributed by atoms with van der Waals surface area (Å²) >= 11 is 0. The maximum atomic E-state index is 12.1. The third-order valence-corrected chi connectivity index (χ3v) is 3.21. The summed E-state index contributed by atoms with van der Waals surface area (Å²) in [5.74, 6) is 0.263. The molecule has 21 heavy (non-hydrogen) atoms. The number of amides is 1. The lowest BCUT2D eigenvalue weighted by atomic mass is 10.1. The van der Waals surface area contributed by atoms with Crippen molar-refractivity contribution in [2.24, 2.45) is 0 Å². The summed E-state index contributed by atoms with van der Waals surface area (Å²) in [6.07, 6.45) is 3.52. The Kier molecular flexibility index (Phi) is 3.51. The average Bonchev–Trinajstić information content (AvgIpc) is 3.00. The van der Waals surface area contributed by atoms with Crippen molar-refractivity contribution in [1.29, 1.82) is 0 Å². The van der Waals surface area contributed by atoms with Crippen LogP contribution in [0.4, 0.5) is 5.95 Å². The standard InChI is InChI=1S/C15H15N5O/c1-16-14(21)12(10-5-3-2-4-6-10)19-15-18-9-11-7-8-17-13(11)20-15/h2-9,12H,1H3,(H,16,21)(H2,17,18,19,20). The smallest absolute Gasteiger partial charge is 0.246 e. The first-order chi connectivity index (χ1) is 10.3. The van der Waals surface area contributed by atoms with E-state index in [1.54, 1.807) is 19.4 Å². The van der Waals surface area contributed by atoms with Crippen LogP contribution in [0, 0.1) is 0 Å². The lowest BCUT2D eigenvalue weighted by molar-refractivity contribution is -0.121. The third-order valence-electron chi connectivity index (χ3n) is 3.21. The number of rotatable bonds is 4. The second kappa shape index (κ2) is 5.62. The molecule has 3 aromatic rings. The molecule has 1 aromatic carbocycles. The molecule has 0 aliphatic heterocycles.